The number of H-pyrrole nitrogens is 1. The Bertz CT molecular complexity index is 557. The Kier molecular flexibility index (Phi) is 2.20. The van der Waals surface area contributed by atoms with Crippen LogP contribution in [0.1, 0.15) is 21.5 Å². The van der Waals surface area contributed by atoms with Gasteiger partial charge in [-0.3, -0.25) is 0 Å². The van der Waals surface area contributed by atoms with Crippen LogP contribution in [-0.2, 0) is 0 Å². The number of rotatable bonds is 1. The maximum atomic E-state index is 11.0. The van der Waals surface area contributed by atoms with Gasteiger partial charge < -0.3 is 10.1 Å². The minimum absolute atomic E-state index is 0.148. The van der Waals surface area contributed by atoms with Crippen molar-refractivity contribution in [2.45, 2.75) is 13.8 Å². The lowest BCUT2D eigenvalue weighted by atomic mass is 10.1. The van der Waals surface area contributed by atoms with Crippen molar-refractivity contribution in [2.24, 2.45) is 0 Å². The van der Waals surface area contributed by atoms with E-state index >= 15 is 0 Å². The smallest absolute Gasteiger partial charge is 0.339 e. The molecule has 1 aromatic heterocycles. The van der Waals surface area contributed by atoms with Crippen LogP contribution in [0.3, 0.4) is 0 Å². The number of aromatic amines is 1. The summed E-state index contributed by atoms with van der Waals surface area (Å²) < 4.78 is 0. The number of aryl methyl sites for hydroxylation is 2. The molecule has 1 heterocycles. The average molecular weight is 224 g/mol. The quantitative estimate of drug-likeness (QED) is 0.780. The Morgan fingerprint density at radius 3 is 2.67 bits per heavy atom. The van der Waals surface area contributed by atoms with E-state index in [0.717, 1.165) is 16.6 Å². The van der Waals surface area contributed by atoms with Crippen LogP contribution in [0.5, 0.6) is 0 Å². The maximum Gasteiger partial charge on any atom is 0.339 e. The molecule has 2 aromatic rings. The second-order valence-electron chi connectivity index (χ2n) is 3.55. The molecule has 0 radical (unpaired) electrons. The first-order valence-corrected chi connectivity index (χ1v) is 4.91. The first kappa shape index (κ1) is 10.1. The molecule has 0 aliphatic rings. The zero-order valence-electron chi connectivity index (χ0n) is 8.39. The first-order valence-electron chi connectivity index (χ1n) is 4.53. The van der Waals surface area contributed by atoms with Crippen LogP contribution in [0, 0.1) is 13.8 Å². The highest BCUT2D eigenvalue weighted by Gasteiger charge is 2.17. The number of aromatic nitrogens is 1. The fraction of sp³-hybridized carbons (Fsp3) is 0.182. The molecule has 15 heavy (non-hydrogen) atoms. The van der Waals surface area contributed by atoms with Gasteiger partial charge in [-0.1, -0.05) is 23.7 Å². The summed E-state index contributed by atoms with van der Waals surface area (Å²) in [6.45, 7) is 3.92. The Morgan fingerprint density at radius 2 is 2.07 bits per heavy atom. The Morgan fingerprint density at radius 1 is 1.40 bits per heavy atom. The van der Waals surface area contributed by atoms with Crippen LogP contribution in [0.2, 0.25) is 5.15 Å². The Balaban J connectivity index is 2.91. The summed E-state index contributed by atoms with van der Waals surface area (Å²) in [4.78, 5) is 13.9. The van der Waals surface area contributed by atoms with Crippen molar-refractivity contribution in [3.63, 3.8) is 0 Å². The number of hydrogen-bond donors (Lipinski definition) is 2. The maximum absolute atomic E-state index is 11.0. The fourth-order valence-electron chi connectivity index (χ4n) is 1.68. The fourth-order valence-corrected chi connectivity index (χ4v) is 1.96. The standard InChI is InChI=1S/C11H10ClNO2/c1-5-3-4-7-8(11(14)15)10(12)13-9(7)6(5)2/h3-4,13H,1-2H3,(H,14,15). The second-order valence-corrected chi connectivity index (χ2v) is 3.93. The van der Waals surface area contributed by atoms with Crippen LogP contribution in [0.15, 0.2) is 12.1 Å². The summed E-state index contributed by atoms with van der Waals surface area (Å²) in [5, 5.41) is 9.86. The number of nitrogens with one attached hydrogen (secondary N) is 1. The topological polar surface area (TPSA) is 53.1 Å². The lowest BCUT2D eigenvalue weighted by Gasteiger charge is -2.00. The van der Waals surface area contributed by atoms with Crippen molar-refractivity contribution in [3.8, 4) is 0 Å². The third kappa shape index (κ3) is 1.39. The van der Waals surface area contributed by atoms with Crippen molar-refractivity contribution in [3.05, 3.63) is 34.0 Å². The Labute approximate surface area is 91.7 Å². The minimum atomic E-state index is -1.01. The Hall–Kier alpha value is -1.48. The van der Waals surface area contributed by atoms with E-state index in [2.05, 4.69) is 4.98 Å². The van der Waals surface area contributed by atoms with E-state index in [1.54, 1.807) is 6.07 Å². The number of benzene rings is 1. The van der Waals surface area contributed by atoms with E-state index in [-0.39, 0.29) is 10.7 Å². The van der Waals surface area contributed by atoms with Gasteiger partial charge in [-0.2, -0.15) is 0 Å². The molecule has 0 unspecified atom stereocenters. The number of fused-ring (bicyclic) bond motifs is 1. The predicted molar refractivity (Wildman–Crippen MR) is 59.7 cm³/mol. The van der Waals surface area contributed by atoms with E-state index < -0.39 is 5.97 Å². The normalized spacial score (nSPS) is 10.9. The van der Waals surface area contributed by atoms with Crippen LogP contribution >= 0.6 is 11.6 Å². The number of aromatic carboxylic acids is 1. The van der Waals surface area contributed by atoms with Gasteiger partial charge in [0.2, 0.25) is 0 Å². The van der Waals surface area contributed by atoms with E-state index in [9.17, 15) is 4.79 Å². The molecule has 0 saturated carbocycles. The number of hydrogen-bond acceptors (Lipinski definition) is 1. The molecule has 1 aromatic carbocycles. The van der Waals surface area contributed by atoms with E-state index in [4.69, 9.17) is 16.7 Å². The number of carbonyl (C=O) groups is 1. The van der Waals surface area contributed by atoms with E-state index in [1.165, 1.54) is 0 Å². The van der Waals surface area contributed by atoms with Gasteiger partial charge >= 0.3 is 5.97 Å². The highest BCUT2D eigenvalue weighted by atomic mass is 35.5. The molecular formula is C11H10ClNO2. The predicted octanol–water partition coefficient (Wildman–Crippen LogP) is 3.14. The van der Waals surface area contributed by atoms with Crippen molar-refractivity contribution in [1.29, 1.82) is 0 Å². The lowest BCUT2D eigenvalue weighted by Crippen LogP contribution is -1.95. The lowest BCUT2D eigenvalue weighted by molar-refractivity contribution is 0.0699. The van der Waals surface area contributed by atoms with Crippen LogP contribution in [0.25, 0.3) is 10.9 Å². The number of carboxylic acids is 1. The molecule has 78 valence electrons. The van der Waals surface area contributed by atoms with E-state index in [0.29, 0.717) is 5.39 Å². The second kappa shape index (κ2) is 3.28. The SMILES string of the molecule is Cc1ccc2c(C(=O)O)c(Cl)[nH]c2c1C. The molecule has 0 amide bonds. The molecule has 0 bridgehead atoms. The summed E-state index contributed by atoms with van der Waals surface area (Å²) in [5.74, 6) is -1.01. The van der Waals surface area contributed by atoms with E-state index in [1.807, 2.05) is 19.9 Å². The first-order chi connectivity index (χ1) is 7.02. The van der Waals surface area contributed by atoms with Crippen LogP contribution < -0.4 is 0 Å². The van der Waals surface area contributed by atoms with Gasteiger partial charge in [0.25, 0.3) is 0 Å². The zero-order chi connectivity index (χ0) is 11.2. The molecule has 0 saturated heterocycles. The van der Waals surface area contributed by atoms with Gasteiger partial charge in [0.05, 0.1) is 5.52 Å². The van der Waals surface area contributed by atoms with Gasteiger partial charge in [0, 0.05) is 5.39 Å². The van der Waals surface area contributed by atoms with Gasteiger partial charge in [-0.15, -0.1) is 0 Å². The summed E-state index contributed by atoms with van der Waals surface area (Å²) in [6, 6.07) is 3.68. The van der Waals surface area contributed by atoms with Crippen molar-refractivity contribution >= 4 is 28.5 Å². The summed E-state index contributed by atoms with van der Waals surface area (Å²) in [6.07, 6.45) is 0. The summed E-state index contributed by atoms with van der Waals surface area (Å²) >= 11 is 5.85. The molecule has 2 rings (SSSR count). The summed E-state index contributed by atoms with van der Waals surface area (Å²) in [5.41, 5.74) is 3.09. The highest BCUT2D eigenvalue weighted by molar-refractivity contribution is 6.34. The van der Waals surface area contributed by atoms with Crippen molar-refractivity contribution in [2.75, 3.05) is 0 Å². The van der Waals surface area contributed by atoms with Gasteiger partial charge in [0.15, 0.2) is 0 Å². The minimum Gasteiger partial charge on any atom is -0.478 e. The summed E-state index contributed by atoms with van der Waals surface area (Å²) in [7, 11) is 0. The molecule has 0 fully saturated rings. The third-order valence-electron chi connectivity index (χ3n) is 2.67. The molecule has 4 heteroatoms. The van der Waals surface area contributed by atoms with Gasteiger partial charge in [-0.05, 0) is 25.0 Å². The highest BCUT2D eigenvalue weighted by Crippen LogP contribution is 2.29. The van der Waals surface area contributed by atoms with Gasteiger partial charge in [-0.25, -0.2) is 4.79 Å². The molecule has 0 aliphatic carbocycles. The third-order valence-corrected chi connectivity index (χ3v) is 2.96. The number of carboxylic acid groups (broad SMARTS) is 1. The van der Waals surface area contributed by atoms with Crippen LogP contribution in [0.4, 0.5) is 0 Å². The monoisotopic (exact) mass is 223 g/mol. The largest absolute Gasteiger partial charge is 0.478 e. The number of halogens is 1. The van der Waals surface area contributed by atoms with Crippen molar-refractivity contribution < 1.29 is 9.90 Å². The average Bonchev–Trinajstić information content (AvgIpc) is 2.49. The molecule has 0 atom stereocenters. The molecule has 3 nitrogen and oxygen atoms in total. The van der Waals surface area contributed by atoms with Crippen LogP contribution in [-0.4, -0.2) is 16.1 Å². The molecule has 0 spiro atoms. The zero-order valence-corrected chi connectivity index (χ0v) is 9.14. The molecule has 0 aliphatic heterocycles. The van der Waals surface area contributed by atoms with Gasteiger partial charge in [0.1, 0.15) is 10.7 Å². The molecular weight excluding hydrogens is 214 g/mol. The molecule has 2 N–H and O–H groups in total. The van der Waals surface area contributed by atoms with Crippen molar-refractivity contribution in [1.82, 2.24) is 4.98 Å².